The van der Waals surface area contributed by atoms with E-state index in [1.54, 1.807) is 49.6 Å². The van der Waals surface area contributed by atoms with Crippen molar-refractivity contribution in [2.45, 2.75) is 13.8 Å². The summed E-state index contributed by atoms with van der Waals surface area (Å²) in [6.45, 7) is 7.50. The van der Waals surface area contributed by atoms with Crippen molar-refractivity contribution in [3.05, 3.63) is 52.9 Å². The van der Waals surface area contributed by atoms with Gasteiger partial charge in [-0.2, -0.15) is 0 Å². The highest BCUT2D eigenvalue weighted by atomic mass is 16.5. The lowest BCUT2D eigenvalue weighted by atomic mass is 10.0. The number of methoxy groups -OCH3 is 1. The summed E-state index contributed by atoms with van der Waals surface area (Å²) >= 11 is 0. The number of nitrogens with zero attached hydrogens (tertiary/aromatic N) is 1. The van der Waals surface area contributed by atoms with Crippen LogP contribution in [-0.4, -0.2) is 43.4 Å². The molecule has 0 saturated carbocycles. The van der Waals surface area contributed by atoms with Crippen LogP contribution in [0.15, 0.2) is 51.7 Å². The smallest absolute Gasteiger partial charge is 0.347 e. The fourth-order valence-electron chi connectivity index (χ4n) is 3.10. The molecule has 28 heavy (non-hydrogen) atoms. The molecule has 6 heteroatoms. The Morgan fingerprint density at radius 2 is 1.71 bits per heavy atom. The predicted octanol–water partition coefficient (Wildman–Crippen LogP) is 3.89. The molecule has 0 radical (unpaired) electrons. The maximum Gasteiger partial charge on any atom is 0.347 e. The summed E-state index contributed by atoms with van der Waals surface area (Å²) in [7, 11) is 1.57. The van der Waals surface area contributed by atoms with Crippen LogP contribution < -0.4 is 15.1 Å². The quantitative estimate of drug-likeness (QED) is 0.595. The largest absolute Gasteiger partial charge is 0.506 e. The van der Waals surface area contributed by atoms with Crippen molar-refractivity contribution in [2.24, 2.45) is 0 Å². The predicted molar refractivity (Wildman–Crippen MR) is 109 cm³/mol. The maximum atomic E-state index is 12.5. The van der Waals surface area contributed by atoms with Gasteiger partial charge in [0.05, 0.1) is 12.5 Å². The van der Waals surface area contributed by atoms with Crippen molar-refractivity contribution >= 4 is 11.0 Å². The number of likely N-dealkylation sites (N-methyl/N-ethyl adjacent to an activating group) is 1. The molecule has 0 aliphatic heterocycles. The summed E-state index contributed by atoms with van der Waals surface area (Å²) in [4.78, 5) is 14.8. The van der Waals surface area contributed by atoms with Gasteiger partial charge in [-0.1, -0.05) is 26.0 Å². The molecule has 1 heterocycles. The van der Waals surface area contributed by atoms with Crippen LogP contribution in [0.3, 0.4) is 0 Å². The van der Waals surface area contributed by atoms with E-state index >= 15 is 0 Å². The molecule has 0 spiro atoms. The Labute approximate surface area is 163 Å². The minimum Gasteiger partial charge on any atom is -0.506 e. The molecule has 148 valence electrons. The molecular weight excluding hydrogens is 358 g/mol. The van der Waals surface area contributed by atoms with Gasteiger partial charge in [0.15, 0.2) is 0 Å². The fourth-order valence-corrected chi connectivity index (χ4v) is 3.10. The Balaban J connectivity index is 1.88. The average Bonchev–Trinajstić information content (AvgIpc) is 2.71. The zero-order valence-corrected chi connectivity index (χ0v) is 16.4. The summed E-state index contributed by atoms with van der Waals surface area (Å²) in [5, 5.41) is 11.1. The van der Waals surface area contributed by atoms with Crippen LogP contribution in [0.1, 0.15) is 13.8 Å². The van der Waals surface area contributed by atoms with Crippen LogP contribution in [0.2, 0.25) is 0 Å². The van der Waals surface area contributed by atoms with Crippen LogP contribution in [0.4, 0.5) is 0 Å². The molecule has 6 nitrogen and oxygen atoms in total. The number of aromatic hydroxyl groups is 1. The number of rotatable bonds is 8. The molecule has 0 aliphatic rings. The van der Waals surface area contributed by atoms with E-state index in [-0.39, 0.29) is 11.3 Å². The summed E-state index contributed by atoms with van der Waals surface area (Å²) in [5.74, 6) is 1.16. The third-order valence-corrected chi connectivity index (χ3v) is 4.80. The highest BCUT2D eigenvalue weighted by Gasteiger charge is 2.16. The molecular formula is C22H25NO5. The van der Waals surface area contributed by atoms with Gasteiger partial charge in [-0.15, -0.1) is 0 Å². The van der Waals surface area contributed by atoms with Gasteiger partial charge in [-0.3, -0.25) is 0 Å². The summed E-state index contributed by atoms with van der Waals surface area (Å²) < 4.78 is 16.4. The number of hydrogen-bond acceptors (Lipinski definition) is 6. The molecule has 0 saturated heterocycles. The summed E-state index contributed by atoms with van der Waals surface area (Å²) in [6.07, 6.45) is 0. The second kappa shape index (κ2) is 8.80. The molecule has 1 aromatic heterocycles. The van der Waals surface area contributed by atoms with Crippen molar-refractivity contribution in [2.75, 3.05) is 33.4 Å². The van der Waals surface area contributed by atoms with E-state index in [2.05, 4.69) is 18.7 Å². The third kappa shape index (κ3) is 4.12. The van der Waals surface area contributed by atoms with Crippen LogP contribution >= 0.6 is 0 Å². The van der Waals surface area contributed by atoms with E-state index in [1.165, 1.54) is 0 Å². The molecule has 3 rings (SSSR count). The molecule has 3 aromatic rings. The Morgan fingerprint density at radius 1 is 1.04 bits per heavy atom. The minimum absolute atomic E-state index is 0.105. The van der Waals surface area contributed by atoms with Crippen LogP contribution in [0.5, 0.6) is 17.2 Å². The van der Waals surface area contributed by atoms with E-state index in [0.717, 1.165) is 19.6 Å². The number of fused-ring (bicyclic) bond motifs is 1. The van der Waals surface area contributed by atoms with Crippen molar-refractivity contribution in [1.29, 1.82) is 0 Å². The van der Waals surface area contributed by atoms with Crippen molar-refractivity contribution < 1.29 is 19.0 Å². The number of ether oxygens (including phenoxy) is 2. The molecule has 0 fully saturated rings. The van der Waals surface area contributed by atoms with Gasteiger partial charge in [0, 0.05) is 12.6 Å². The molecule has 0 amide bonds. The van der Waals surface area contributed by atoms with Crippen molar-refractivity contribution in [1.82, 2.24) is 4.90 Å². The Hall–Kier alpha value is -2.99. The first-order valence-electron chi connectivity index (χ1n) is 9.36. The second-order valence-corrected chi connectivity index (χ2v) is 6.37. The number of benzene rings is 2. The first kappa shape index (κ1) is 19.8. The van der Waals surface area contributed by atoms with Crippen LogP contribution in [0, 0.1) is 0 Å². The third-order valence-electron chi connectivity index (χ3n) is 4.80. The average molecular weight is 383 g/mol. The first-order valence-corrected chi connectivity index (χ1v) is 9.36. The van der Waals surface area contributed by atoms with Gasteiger partial charge < -0.3 is 23.9 Å². The molecule has 0 aliphatic carbocycles. The summed E-state index contributed by atoms with van der Waals surface area (Å²) in [6, 6.07) is 12.0. The van der Waals surface area contributed by atoms with E-state index in [4.69, 9.17) is 13.9 Å². The Kier molecular flexibility index (Phi) is 6.21. The van der Waals surface area contributed by atoms with Gasteiger partial charge in [0.25, 0.3) is 0 Å². The fraction of sp³-hybridized carbons (Fsp3) is 0.318. The van der Waals surface area contributed by atoms with Gasteiger partial charge in [0.1, 0.15) is 35.0 Å². The number of hydrogen-bond donors (Lipinski definition) is 1. The topological polar surface area (TPSA) is 72.1 Å². The highest BCUT2D eigenvalue weighted by Crippen LogP contribution is 2.35. The SMILES string of the molecule is CCN(CC)CCOc1ccc2c(O)c(-c3ccc(OC)cc3)c(=O)oc2c1. The molecule has 2 aromatic carbocycles. The lowest BCUT2D eigenvalue weighted by Crippen LogP contribution is -2.27. The lowest BCUT2D eigenvalue weighted by molar-refractivity contribution is 0.223. The van der Waals surface area contributed by atoms with Crippen LogP contribution in [-0.2, 0) is 0 Å². The first-order chi connectivity index (χ1) is 13.6. The van der Waals surface area contributed by atoms with E-state index in [1.807, 2.05) is 0 Å². The van der Waals surface area contributed by atoms with Gasteiger partial charge in [-0.25, -0.2) is 4.79 Å². The van der Waals surface area contributed by atoms with Crippen LogP contribution in [0.25, 0.3) is 22.1 Å². The minimum atomic E-state index is -0.601. The monoisotopic (exact) mass is 383 g/mol. The summed E-state index contributed by atoms with van der Waals surface area (Å²) in [5.41, 5.74) is 0.384. The van der Waals surface area contributed by atoms with Gasteiger partial charge in [-0.05, 0) is 42.9 Å². The second-order valence-electron chi connectivity index (χ2n) is 6.37. The molecule has 1 N–H and O–H groups in total. The molecule has 0 bridgehead atoms. The Bertz CT molecular complexity index is 990. The zero-order chi connectivity index (χ0) is 20.1. The van der Waals surface area contributed by atoms with Gasteiger partial charge in [0.2, 0.25) is 0 Å². The van der Waals surface area contributed by atoms with Crippen molar-refractivity contribution in [3.8, 4) is 28.4 Å². The molecule has 0 atom stereocenters. The van der Waals surface area contributed by atoms with E-state index < -0.39 is 5.63 Å². The highest BCUT2D eigenvalue weighted by molar-refractivity contribution is 5.90. The Morgan fingerprint density at radius 3 is 2.36 bits per heavy atom. The normalized spacial score (nSPS) is 11.1. The van der Waals surface area contributed by atoms with Crippen molar-refractivity contribution in [3.63, 3.8) is 0 Å². The maximum absolute atomic E-state index is 12.5. The van der Waals surface area contributed by atoms with E-state index in [9.17, 15) is 9.90 Å². The van der Waals surface area contributed by atoms with E-state index in [0.29, 0.717) is 34.6 Å². The standard InChI is InChI=1S/C22H25NO5/c1-4-23(5-2)12-13-27-17-10-11-18-19(14-17)28-22(25)20(21(18)24)15-6-8-16(26-3)9-7-15/h6-11,14,24H,4-5,12-13H2,1-3H3. The molecule has 0 unspecified atom stereocenters. The zero-order valence-electron chi connectivity index (χ0n) is 16.4. The lowest BCUT2D eigenvalue weighted by Gasteiger charge is -2.18. The van der Waals surface area contributed by atoms with Gasteiger partial charge >= 0.3 is 5.63 Å².